The molecule has 0 radical (unpaired) electrons. The van der Waals surface area contributed by atoms with E-state index >= 15 is 0 Å². The summed E-state index contributed by atoms with van der Waals surface area (Å²) >= 11 is 0. The Morgan fingerprint density at radius 3 is 1.48 bits per heavy atom. The second-order valence-corrected chi connectivity index (χ2v) is 17.2. The Morgan fingerprint density at radius 1 is 0.328 bits per heavy atom. The normalized spacial score (nSPS) is 14.8. The molecule has 0 spiro atoms. The van der Waals surface area contributed by atoms with Crippen molar-refractivity contribution in [3.05, 3.63) is 259 Å². The molecule has 0 bridgehead atoms. The van der Waals surface area contributed by atoms with E-state index in [4.69, 9.17) is 0 Å². The summed E-state index contributed by atoms with van der Waals surface area (Å²) in [6.07, 6.45) is 0. The summed E-state index contributed by atoms with van der Waals surface area (Å²) in [5.41, 5.74) is 13.6. The van der Waals surface area contributed by atoms with Crippen LogP contribution in [-0.2, 0) is 0 Å². The topological polar surface area (TPSA) is 8.17 Å². The third kappa shape index (κ3) is 5.66. The molecule has 0 saturated heterocycles. The number of hydrogen-bond acceptors (Lipinski definition) is 1. The SMILES string of the molecule is c1ccc(-c2c(-c3ccccc3)n(-c3ccc4ccccc4c3)c3c2ccc2c4ccc5c(c4ccc23)N(c2ccc3ccccc3c2)C(c2ccccc2)C5c2ccccc2)cc1. The van der Waals surface area contributed by atoms with Gasteiger partial charge in [-0.3, -0.25) is 0 Å². The van der Waals surface area contributed by atoms with Crippen LogP contribution in [0.3, 0.4) is 0 Å². The molecule has 300 valence electrons. The largest absolute Gasteiger partial charge is 0.332 e. The smallest absolute Gasteiger partial charge is 0.0701 e. The average Bonchev–Trinajstić information content (AvgIpc) is 3.92. The number of nitrogens with zero attached hydrogens (tertiary/aromatic N) is 2. The zero-order chi connectivity index (χ0) is 42.1. The monoisotopic (exact) mass is 814 g/mol. The summed E-state index contributed by atoms with van der Waals surface area (Å²) in [6, 6.07) is 89.9. The van der Waals surface area contributed by atoms with Crippen molar-refractivity contribution in [1.82, 2.24) is 4.57 Å². The molecular formula is C62H42N2. The Labute approximate surface area is 372 Å². The minimum Gasteiger partial charge on any atom is -0.332 e. The van der Waals surface area contributed by atoms with Gasteiger partial charge in [0, 0.05) is 39.0 Å². The lowest BCUT2D eigenvalue weighted by molar-refractivity contribution is 0.658. The third-order valence-corrected chi connectivity index (χ3v) is 13.7. The number of fused-ring (bicyclic) bond motifs is 9. The molecule has 0 N–H and O–H groups in total. The fraction of sp³-hybridized carbons (Fsp3) is 0.0323. The Bertz CT molecular complexity index is 3720. The fourth-order valence-electron chi connectivity index (χ4n) is 10.9. The standard InChI is InChI=1S/C62H42N2/c1-5-19-43(20-6-1)57-55-37-33-51-52-34-38-56-58(44-21-7-2-8-22-44)60(46-25-11-4-12-26-46)64(50-32-30-42-18-14-16-28-48(42)40-50)62(56)54(52)36-35-53(51)61(55)63(59(57)45-23-9-3-10-24-45)49-31-29-41-17-13-15-27-47(41)39-49/h1-40,57,59H. The highest BCUT2D eigenvalue weighted by Gasteiger charge is 2.42. The first-order chi connectivity index (χ1) is 31.8. The molecule has 2 nitrogen and oxygen atoms in total. The van der Waals surface area contributed by atoms with Crippen molar-refractivity contribution < 1.29 is 0 Å². The molecule has 2 heteroatoms. The second kappa shape index (κ2) is 14.7. The summed E-state index contributed by atoms with van der Waals surface area (Å²) in [5.74, 6) is 0.111. The van der Waals surface area contributed by atoms with Crippen LogP contribution >= 0.6 is 0 Å². The van der Waals surface area contributed by atoms with Crippen molar-refractivity contribution in [2.75, 3.05) is 4.90 Å². The van der Waals surface area contributed by atoms with E-state index in [-0.39, 0.29) is 12.0 Å². The Balaban J connectivity index is 1.14. The van der Waals surface area contributed by atoms with Gasteiger partial charge in [-0.1, -0.05) is 218 Å². The molecule has 64 heavy (non-hydrogen) atoms. The van der Waals surface area contributed by atoms with E-state index in [0.717, 1.165) is 5.69 Å². The van der Waals surface area contributed by atoms with Crippen molar-refractivity contribution in [3.63, 3.8) is 0 Å². The summed E-state index contributed by atoms with van der Waals surface area (Å²) in [7, 11) is 0. The van der Waals surface area contributed by atoms with Crippen LogP contribution < -0.4 is 4.90 Å². The van der Waals surface area contributed by atoms with Gasteiger partial charge >= 0.3 is 0 Å². The van der Waals surface area contributed by atoms with E-state index in [2.05, 4.69) is 252 Å². The van der Waals surface area contributed by atoms with Crippen LogP contribution in [0.4, 0.5) is 11.4 Å². The lowest BCUT2D eigenvalue weighted by atomic mass is 9.83. The minimum absolute atomic E-state index is 0.0375. The molecule has 13 rings (SSSR count). The number of rotatable bonds is 6. The quantitative estimate of drug-likeness (QED) is 0.152. The molecule has 11 aromatic carbocycles. The van der Waals surface area contributed by atoms with Gasteiger partial charge in [0.25, 0.3) is 0 Å². The van der Waals surface area contributed by atoms with Crippen molar-refractivity contribution in [2.45, 2.75) is 12.0 Å². The van der Waals surface area contributed by atoms with Gasteiger partial charge in [0.05, 0.1) is 22.9 Å². The predicted octanol–water partition coefficient (Wildman–Crippen LogP) is 16.6. The van der Waals surface area contributed by atoms with Gasteiger partial charge < -0.3 is 9.47 Å². The number of anilines is 2. The Morgan fingerprint density at radius 2 is 0.812 bits per heavy atom. The van der Waals surface area contributed by atoms with Crippen LogP contribution in [0.5, 0.6) is 0 Å². The zero-order valence-electron chi connectivity index (χ0n) is 35.1. The summed E-state index contributed by atoms with van der Waals surface area (Å²) < 4.78 is 2.54. The molecule has 1 aliphatic rings. The molecule has 0 saturated carbocycles. The van der Waals surface area contributed by atoms with Crippen LogP contribution in [-0.4, -0.2) is 4.57 Å². The van der Waals surface area contributed by atoms with E-state index in [1.54, 1.807) is 0 Å². The highest BCUT2D eigenvalue weighted by Crippen LogP contribution is 2.58. The highest BCUT2D eigenvalue weighted by molar-refractivity contribution is 6.23. The fourth-order valence-corrected chi connectivity index (χ4v) is 10.9. The summed E-state index contributed by atoms with van der Waals surface area (Å²) in [4.78, 5) is 2.65. The molecule has 2 unspecified atom stereocenters. The first-order valence-corrected chi connectivity index (χ1v) is 22.3. The van der Waals surface area contributed by atoms with Crippen molar-refractivity contribution in [1.29, 1.82) is 0 Å². The molecule has 0 aliphatic carbocycles. The summed E-state index contributed by atoms with van der Waals surface area (Å²) in [6.45, 7) is 0. The molecule has 2 atom stereocenters. The minimum atomic E-state index is 0.0375. The van der Waals surface area contributed by atoms with Gasteiger partial charge in [-0.25, -0.2) is 0 Å². The van der Waals surface area contributed by atoms with Gasteiger partial charge in [0.15, 0.2) is 0 Å². The van der Waals surface area contributed by atoms with E-state index in [1.807, 2.05) is 0 Å². The Kier molecular flexibility index (Phi) is 8.39. The second-order valence-electron chi connectivity index (χ2n) is 17.2. The van der Waals surface area contributed by atoms with Gasteiger partial charge in [0.1, 0.15) is 0 Å². The van der Waals surface area contributed by atoms with Crippen molar-refractivity contribution in [3.8, 4) is 28.1 Å². The number of hydrogen-bond donors (Lipinski definition) is 0. The number of benzene rings is 11. The average molecular weight is 815 g/mol. The maximum atomic E-state index is 2.65. The molecule has 1 aromatic heterocycles. The molecule has 2 heterocycles. The maximum absolute atomic E-state index is 2.65. The number of aromatic nitrogens is 1. The van der Waals surface area contributed by atoms with Gasteiger partial charge in [-0.2, -0.15) is 0 Å². The van der Waals surface area contributed by atoms with Crippen molar-refractivity contribution in [2.24, 2.45) is 0 Å². The van der Waals surface area contributed by atoms with Gasteiger partial charge in [-0.15, -0.1) is 0 Å². The van der Waals surface area contributed by atoms with Crippen molar-refractivity contribution >= 4 is 65.4 Å². The highest BCUT2D eigenvalue weighted by atomic mass is 15.2. The van der Waals surface area contributed by atoms with Crippen LogP contribution in [0.1, 0.15) is 28.7 Å². The molecule has 12 aromatic rings. The van der Waals surface area contributed by atoms with E-state index in [1.165, 1.54) is 104 Å². The van der Waals surface area contributed by atoms with E-state index in [0.29, 0.717) is 0 Å². The maximum Gasteiger partial charge on any atom is 0.0701 e. The third-order valence-electron chi connectivity index (χ3n) is 13.7. The molecule has 0 fully saturated rings. The predicted molar refractivity (Wildman–Crippen MR) is 270 cm³/mol. The van der Waals surface area contributed by atoms with Crippen LogP contribution in [0.15, 0.2) is 243 Å². The van der Waals surface area contributed by atoms with Crippen LogP contribution in [0.25, 0.3) is 82.1 Å². The van der Waals surface area contributed by atoms with E-state index in [9.17, 15) is 0 Å². The molecular weight excluding hydrogens is 773 g/mol. The lowest BCUT2D eigenvalue weighted by Gasteiger charge is -2.32. The first kappa shape index (κ1) is 36.5. The molecule has 0 amide bonds. The van der Waals surface area contributed by atoms with Gasteiger partial charge in [-0.05, 0) is 84.4 Å². The van der Waals surface area contributed by atoms with Crippen LogP contribution in [0.2, 0.25) is 0 Å². The summed E-state index contributed by atoms with van der Waals surface area (Å²) in [5, 5.41) is 11.1. The van der Waals surface area contributed by atoms with Gasteiger partial charge in [0.2, 0.25) is 0 Å². The van der Waals surface area contributed by atoms with E-state index < -0.39 is 0 Å². The van der Waals surface area contributed by atoms with Crippen LogP contribution in [0, 0.1) is 0 Å². The lowest BCUT2D eigenvalue weighted by Crippen LogP contribution is -2.23. The first-order valence-electron chi connectivity index (χ1n) is 22.3. The molecule has 1 aliphatic heterocycles. The Hall–Kier alpha value is -8.20. The zero-order valence-corrected chi connectivity index (χ0v) is 35.1.